The van der Waals surface area contributed by atoms with E-state index < -0.39 is 11.9 Å². The zero-order chi connectivity index (χ0) is 29.1. The highest BCUT2D eigenvalue weighted by molar-refractivity contribution is 6.34. The Kier molecular flexibility index (Phi) is 8.10. The second-order valence-electron chi connectivity index (χ2n) is 9.34. The first-order valence-electron chi connectivity index (χ1n) is 12.6. The van der Waals surface area contributed by atoms with Crippen LogP contribution in [0.15, 0.2) is 84.0 Å². The fourth-order valence-corrected chi connectivity index (χ4v) is 5.06. The molecule has 0 atom stereocenters. The van der Waals surface area contributed by atoms with Crippen LogP contribution in [0, 0.1) is 13.8 Å². The van der Waals surface area contributed by atoms with Crippen molar-refractivity contribution in [1.82, 2.24) is 10.4 Å². The lowest BCUT2D eigenvalue weighted by Crippen LogP contribution is -2.19. The maximum absolute atomic E-state index is 13.4. The van der Waals surface area contributed by atoms with Crippen molar-refractivity contribution in [3.63, 3.8) is 0 Å². The molecule has 0 aliphatic heterocycles. The van der Waals surface area contributed by atoms with E-state index in [1.807, 2.05) is 38.1 Å². The molecular formula is C32H25Cl2N3O4. The first kappa shape index (κ1) is 28.0. The van der Waals surface area contributed by atoms with Crippen molar-refractivity contribution in [3.05, 3.63) is 117 Å². The van der Waals surface area contributed by atoms with Gasteiger partial charge in [-0.05, 0) is 67.4 Å². The number of methoxy groups -OCH3 is 1. The average Bonchev–Trinajstić information content (AvgIpc) is 3.33. The van der Waals surface area contributed by atoms with Gasteiger partial charge in [-0.15, -0.1) is 0 Å². The summed E-state index contributed by atoms with van der Waals surface area (Å²) in [6.45, 7) is 4.00. The summed E-state index contributed by atoms with van der Waals surface area (Å²) in [4.78, 5) is 29.2. The van der Waals surface area contributed by atoms with Gasteiger partial charge in [-0.3, -0.25) is 4.79 Å². The minimum Gasteiger partial charge on any atom is -0.493 e. The molecule has 9 heteroatoms. The zero-order valence-corrected chi connectivity index (χ0v) is 23.9. The summed E-state index contributed by atoms with van der Waals surface area (Å²) in [5.74, 6) is -0.516. The topological polar surface area (TPSA) is 92.8 Å². The van der Waals surface area contributed by atoms with Crippen molar-refractivity contribution in [2.45, 2.75) is 13.8 Å². The summed E-state index contributed by atoms with van der Waals surface area (Å²) in [5.41, 5.74) is 8.17. The Bertz CT molecular complexity index is 1830. The number of ether oxygens (including phenoxy) is 2. The largest absolute Gasteiger partial charge is 0.493 e. The molecule has 0 fully saturated rings. The lowest BCUT2D eigenvalue weighted by molar-refractivity contribution is 0.0729. The molecule has 2 N–H and O–H groups in total. The number of benzene rings is 4. The van der Waals surface area contributed by atoms with Crippen molar-refractivity contribution in [3.8, 4) is 22.6 Å². The first-order chi connectivity index (χ1) is 19.8. The van der Waals surface area contributed by atoms with Crippen molar-refractivity contribution < 1.29 is 19.1 Å². The molecule has 0 aliphatic rings. The third kappa shape index (κ3) is 5.82. The molecule has 0 radical (unpaired) electrons. The number of nitrogens with one attached hydrogen (secondary N) is 2. The number of carbonyl (C=O) groups excluding carboxylic acids is 2. The second kappa shape index (κ2) is 11.9. The van der Waals surface area contributed by atoms with E-state index in [0.29, 0.717) is 27.6 Å². The number of aryl methyl sites for hydroxylation is 2. The summed E-state index contributed by atoms with van der Waals surface area (Å²) < 4.78 is 10.9. The molecule has 41 heavy (non-hydrogen) atoms. The normalized spacial score (nSPS) is 11.1. The van der Waals surface area contributed by atoms with Crippen LogP contribution in [0.25, 0.3) is 22.0 Å². The highest BCUT2D eigenvalue weighted by atomic mass is 35.5. The molecule has 1 heterocycles. The van der Waals surface area contributed by atoms with Crippen LogP contribution in [0.1, 0.15) is 37.5 Å². The molecule has 0 saturated carbocycles. The number of aromatic nitrogens is 1. The van der Waals surface area contributed by atoms with Gasteiger partial charge in [-0.2, -0.15) is 5.10 Å². The van der Waals surface area contributed by atoms with Gasteiger partial charge in [0.25, 0.3) is 5.91 Å². The molecule has 7 nitrogen and oxygen atoms in total. The number of H-pyrrole nitrogens is 1. The van der Waals surface area contributed by atoms with Crippen LogP contribution in [0.5, 0.6) is 11.5 Å². The van der Waals surface area contributed by atoms with Gasteiger partial charge in [0.1, 0.15) is 5.69 Å². The van der Waals surface area contributed by atoms with Crippen LogP contribution in [-0.4, -0.2) is 30.2 Å². The van der Waals surface area contributed by atoms with E-state index in [-0.39, 0.29) is 16.3 Å². The van der Waals surface area contributed by atoms with Crippen LogP contribution < -0.4 is 14.9 Å². The number of aromatic amines is 1. The number of hydrazone groups is 1. The smallest absolute Gasteiger partial charge is 0.345 e. The monoisotopic (exact) mass is 585 g/mol. The number of nitrogens with zero attached hydrogens (tertiary/aromatic N) is 1. The first-order valence-corrected chi connectivity index (χ1v) is 13.4. The molecule has 0 spiro atoms. The molecule has 206 valence electrons. The van der Waals surface area contributed by atoms with Crippen LogP contribution in [0.4, 0.5) is 0 Å². The maximum atomic E-state index is 13.4. The summed E-state index contributed by atoms with van der Waals surface area (Å²) >= 11 is 12.7. The highest BCUT2D eigenvalue weighted by Gasteiger charge is 2.22. The fourth-order valence-electron chi connectivity index (χ4n) is 4.62. The molecule has 0 aliphatic carbocycles. The van der Waals surface area contributed by atoms with Gasteiger partial charge in [-0.1, -0.05) is 65.2 Å². The number of hydrogen-bond acceptors (Lipinski definition) is 5. The summed E-state index contributed by atoms with van der Waals surface area (Å²) in [7, 11) is 1.46. The summed E-state index contributed by atoms with van der Waals surface area (Å²) in [6.07, 6.45) is 1.47. The lowest BCUT2D eigenvalue weighted by Gasteiger charge is -2.10. The molecule has 0 saturated heterocycles. The van der Waals surface area contributed by atoms with Gasteiger partial charge in [0.15, 0.2) is 11.5 Å². The third-order valence-corrected chi connectivity index (χ3v) is 7.14. The number of hydrogen-bond donors (Lipinski definition) is 2. The van der Waals surface area contributed by atoms with Gasteiger partial charge in [-0.25, -0.2) is 10.2 Å². The van der Waals surface area contributed by atoms with Crippen molar-refractivity contribution >= 4 is 52.2 Å². The third-order valence-electron chi connectivity index (χ3n) is 6.48. The van der Waals surface area contributed by atoms with E-state index in [0.717, 1.165) is 27.6 Å². The molecule has 5 aromatic rings. The Balaban J connectivity index is 1.39. The van der Waals surface area contributed by atoms with Gasteiger partial charge in [0.05, 0.1) is 23.9 Å². The van der Waals surface area contributed by atoms with Crippen LogP contribution >= 0.6 is 23.2 Å². The van der Waals surface area contributed by atoms with Gasteiger partial charge < -0.3 is 14.5 Å². The standard InChI is InChI=1S/C32H25Cl2N3O4/c1-18-14-19(2)29-23(15-18)28(21-8-4-6-10-24(21)33)30(36-29)31(38)37-35-17-20-12-13-26(27(16-20)40-3)41-32(39)22-9-5-7-11-25(22)34/h4-17,36H,1-3H3,(H,37,38). The zero-order valence-electron chi connectivity index (χ0n) is 22.4. The predicted molar refractivity (Wildman–Crippen MR) is 163 cm³/mol. The van der Waals surface area contributed by atoms with E-state index in [9.17, 15) is 9.59 Å². The number of amides is 1. The van der Waals surface area contributed by atoms with E-state index >= 15 is 0 Å². The predicted octanol–water partition coefficient (Wildman–Crippen LogP) is 7.75. The van der Waals surface area contributed by atoms with E-state index in [4.69, 9.17) is 32.7 Å². The molecule has 0 bridgehead atoms. The number of fused-ring (bicyclic) bond motifs is 1. The molecule has 1 aromatic heterocycles. The van der Waals surface area contributed by atoms with Crippen molar-refractivity contribution in [1.29, 1.82) is 0 Å². The molecule has 1 amide bonds. The molecule has 4 aromatic carbocycles. The fraction of sp³-hybridized carbons (Fsp3) is 0.0938. The molecule has 5 rings (SSSR count). The van der Waals surface area contributed by atoms with Gasteiger partial charge in [0.2, 0.25) is 0 Å². The van der Waals surface area contributed by atoms with E-state index in [1.165, 1.54) is 13.3 Å². The number of carbonyl (C=O) groups is 2. The Morgan fingerprint density at radius 2 is 1.63 bits per heavy atom. The lowest BCUT2D eigenvalue weighted by atomic mass is 9.99. The van der Waals surface area contributed by atoms with E-state index in [1.54, 1.807) is 48.5 Å². The molecule has 0 unspecified atom stereocenters. The van der Waals surface area contributed by atoms with Crippen LogP contribution in [0.2, 0.25) is 10.0 Å². The second-order valence-corrected chi connectivity index (χ2v) is 10.2. The van der Waals surface area contributed by atoms with E-state index in [2.05, 4.69) is 21.6 Å². The minimum absolute atomic E-state index is 0.215. The minimum atomic E-state index is -0.610. The summed E-state index contributed by atoms with van der Waals surface area (Å²) in [6, 6.07) is 23.0. The number of esters is 1. The average molecular weight is 586 g/mol. The van der Waals surface area contributed by atoms with Crippen molar-refractivity contribution in [2.24, 2.45) is 5.10 Å². The number of halogens is 2. The van der Waals surface area contributed by atoms with Gasteiger partial charge in [0, 0.05) is 27.1 Å². The Hall–Kier alpha value is -4.59. The quantitative estimate of drug-likeness (QED) is 0.0883. The Morgan fingerprint density at radius 3 is 2.37 bits per heavy atom. The van der Waals surface area contributed by atoms with Crippen molar-refractivity contribution in [2.75, 3.05) is 7.11 Å². The Morgan fingerprint density at radius 1 is 0.902 bits per heavy atom. The van der Waals surface area contributed by atoms with Crippen LogP contribution in [-0.2, 0) is 0 Å². The molecular weight excluding hydrogens is 561 g/mol. The maximum Gasteiger partial charge on any atom is 0.345 e. The highest BCUT2D eigenvalue weighted by Crippen LogP contribution is 2.38. The Labute approximate surface area is 246 Å². The SMILES string of the molecule is COc1cc(C=NNC(=O)c2[nH]c3c(C)cc(C)cc3c2-c2ccccc2Cl)ccc1OC(=O)c1ccccc1Cl. The van der Waals surface area contributed by atoms with Gasteiger partial charge >= 0.3 is 5.97 Å². The number of rotatable bonds is 7. The van der Waals surface area contributed by atoms with Crippen LogP contribution in [0.3, 0.4) is 0 Å². The summed E-state index contributed by atoms with van der Waals surface area (Å²) in [5, 5.41) is 5.87.